The smallest absolute Gasteiger partial charge is 0.315 e. The van der Waals surface area contributed by atoms with Crippen LogP contribution in [0, 0.1) is 23.7 Å². The highest BCUT2D eigenvalue weighted by molar-refractivity contribution is 5.74. The number of nitrogens with one attached hydrogen (secondary N) is 2. The number of urea groups is 1. The van der Waals surface area contributed by atoms with Crippen LogP contribution in [0.3, 0.4) is 0 Å². The van der Waals surface area contributed by atoms with Crippen molar-refractivity contribution < 1.29 is 9.90 Å². The number of carbonyl (C=O) groups excluding carboxylic acids is 1. The van der Waals surface area contributed by atoms with Crippen LogP contribution in [0.5, 0.6) is 0 Å². The lowest BCUT2D eigenvalue weighted by atomic mass is 9.79. The molecule has 0 heterocycles. The zero-order chi connectivity index (χ0) is 14.1. The van der Waals surface area contributed by atoms with Crippen molar-refractivity contribution in [3.8, 4) is 0 Å². The largest absolute Gasteiger partial charge is 0.396 e. The van der Waals surface area contributed by atoms with Crippen LogP contribution in [-0.2, 0) is 0 Å². The molecule has 6 atom stereocenters. The van der Waals surface area contributed by atoms with Crippen molar-refractivity contribution in [2.75, 3.05) is 6.61 Å². The maximum atomic E-state index is 12.1. The third kappa shape index (κ3) is 2.67. The van der Waals surface area contributed by atoms with E-state index in [2.05, 4.69) is 10.6 Å². The quantitative estimate of drug-likeness (QED) is 0.723. The van der Waals surface area contributed by atoms with E-state index in [1.807, 2.05) is 6.92 Å². The highest BCUT2D eigenvalue weighted by atomic mass is 16.3. The summed E-state index contributed by atoms with van der Waals surface area (Å²) >= 11 is 0. The number of hydrogen-bond acceptors (Lipinski definition) is 2. The SMILES string of the molecule is CC(CCCO)NC(=O)NC1CC2CC1C1CCCC21. The second-order valence-electron chi connectivity index (χ2n) is 7.15. The fourth-order valence-electron chi connectivity index (χ4n) is 5.14. The molecule has 3 fully saturated rings. The van der Waals surface area contributed by atoms with Gasteiger partial charge in [-0.15, -0.1) is 0 Å². The molecule has 6 unspecified atom stereocenters. The molecule has 114 valence electrons. The molecule has 2 amide bonds. The second kappa shape index (κ2) is 5.92. The molecule has 3 saturated carbocycles. The normalized spacial score (nSPS) is 39.6. The summed E-state index contributed by atoms with van der Waals surface area (Å²) in [6, 6.07) is 0.534. The minimum Gasteiger partial charge on any atom is -0.396 e. The first-order chi connectivity index (χ1) is 9.69. The molecule has 0 radical (unpaired) electrons. The molecule has 3 rings (SSSR count). The van der Waals surface area contributed by atoms with Crippen molar-refractivity contribution in [3.05, 3.63) is 0 Å². The van der Waals surface area contributed by atoms with Gasteiger partial charge in [-0.1, -0.05) is 6.42 Å². The van der Waals surface area contributed by atoms with E-state index in [1.54, 1.807) is 0 Å². The van der Waals surface area contributed by atoms with E-state index >= 15 is 0 Å². The number of amides is 2. The molecule has 0 aromatic heterocycles. The average Bonchev–Trinajstić information content (AvgIpc) is 3.07. The van der Waals surface area contributed by atoms with Gasteiger partial charge in [0.15, 0.2) is 0 Å². The Labute approximate surface area is 121 Å². The second-order valence-corrected chi connectivity index (χ2v) is 7.15. The summed E-state index contributed by atoms with van der Waals surface area (Å²) in [5, 5.41) is 15.0. The summed E-state index contributed by atoms with van der Waals surface area (Å²) in [7, 11) is 0. The molecule has 4 nitrogen and oxygen atoms in total. The lowest BCUT2D eigenvalue weighted by molar-refractivity contribution is 0.195. The van der Waals surface area contributed by atoms with Crippen LogP contribution in [0.2, 0.25) is 0 Å². The van der Waals surface area contributed by atoms with E-state index in [-0.39, 0.29) is 18.7 Å². The molecule has 0 spiro atoms. The first kappa shape index (κ1) is 14.2. The maximum Gasteiger partial charge on any atom is 0.315 e. The Bertz CT molecular complexity index is 360. The van der Waals surface area contributed by atoms with Crippen LogP contribution < -0.4 is 10.6 Å². The molecule has 3 aliphatic rings. The van der Waals surface area contributed by atoms with Gasteiger partial charge in [0.2, 0.25) is 0 Å². The van der Waals surface area contributed by atoms with Crippen molar-refractivity contribution in [1.29, 1.82) is 0 Å². The molecular formula is C16H28N2O2. The predicted molar refractivity (Wildman–Crippen MR) is 78.3 cm³/mol. The molecule has 2 bridgehead atoms. The molecule has 20 heavy (non-hydrogen) atoms. The van der Waals surface area contributed by atoms with Crippen LogP contribution in [0.1, 0.15) is 51.9 Å². The van der Waals surface area contributed by atoms with Crippen LogP contribution >= 0.6 is 0 Å². The van der Waals surface area contributed by atoms with Gasteiger partial charge in [-0.3, -0.25) is 0 Å². The number of carbonyl (C=O) groups is 1. The van der Waals surface area contributed by atoms with E-state index in [4.69, 9.17) is 5.11 Å². The van der Waals surface area contributed by atoms with E-state index in [0.29, 0.717) is 6.04 Å². The Morgan fingerprint density at radius 2 is 2.05 bits per heavy atom. The van der Waals surface area contributed by atoms with Gasteiger partial charge in [-0.05, 0) is 69.1 Å². The van der Waals surface area contributed by atoms with Gasteiger partial charge < -0.3 is 15.7 Å². The first-order valence-corrected chi connectivity index (χ1v) is 8.37. The number of aliphatic hydroxyl groups excluding tert-OH is 1. The fraction of sp³-hybridized carbons (Fsp3) is 0.938. The molecule has 0 aromatic rings. The fourth-order valence-corrected chi connectivity index (χ4v) is 5.14. The molecular weight excluding hydrogens is 252 g/mol. The first-order valence-electron chi connectivity index (χ1n) is 8.37. The zero-order valence-electron chi connectivity index (χ0n) is 12.5. The highest BCUT2D eigenvalue weighted by Crippen LogP contribution is 2.58. The zero-order valence-corrected chi connectivity index (χ0v) is 12.5. The molecule has 0 aliphatic heterocycles. The summed E-state index contributed by atoms with van der Waals surface area (Å²) in [6.07, 6.45) is 8.36. The Morgan fingerprint density at radius 1 is 1.25 bits per heavy atom. The molecule has 4 heteroatoms. The minimum atomic E-state index is -0.0115. The number of fused-ring (bicyclic) bond motifs is 5. The number of aliphatic hydroxyl groups is 1. The summed E-state index contributed by atoms with van der Waals surface area (Å²) in [5.41, 5.74) is 0. The van der Waals surface area contributed by atoms with E-state index in [0.717, 1.165) is 36.5 Å². The molecule has 3 N–H and O–H groups in total. The van der Waals surface area contributed by atoms with Gasteiger partial charge in [-0.25, -0.2) is 4.79 Å². The van der Waals surface area contributed by atoms with E-state index in [9.17, 15) is 4.79 Å². The van der Waals surface area contributed by atoms with Crippen LogP contribution in [0.4, 0.5) is 4.79 Å². The van der Waals surface area contributed by atoms with E-state index < -0.39 is 0 Å². The Balaban J connectivity index is 1.46. The monoisotopic (exact) mass is 280 g/mol. The summed E-state index contributed by atoms with van der Waals surface area (Å²) in [4.78, 5) is 12.1. The highest BCUT2D eigenvalue weighted by Gasteiger charge is 2.54. The van der Waals surface area contributed by atoms with E-state index in [1.165, 1.54) is 32.1 Å². The summed E-state index contributed by atoms with van der Waals surface area (Å²) < 4.78 is 0. The minimum absolute atomic E-state index is 0.0115. The standard InChI is InChI=1S/C16H28N2O2/c1-10(4-3-7-19)17-16(20)18-15-9-11-8-14(15)13-6-2-5-12(11)13/h10-15,19H,2-9H2,1H3,(H2,17,18,20). The van der Waals surface area contributed by atoms with Gasteiger partial charge in [0, 0.05) is 18.7 Å². The maximum absolute atomic E-state index is 12.1. The number of rotatable bonds is 5. The molecule has 0 saturated heterocycles. The van der Waals surface area contributed by atoms with Crippen LogP contribution in [0.25, 0.3) is 0 Å². The van der Waals surface area contributed by atoms with Crippen LogP contribution in [0.15, 0.2) is 0 Å². The summed E-state index contributed by atoms with van der Waals surface area (Å²) in [5.74, 6) is 3.49. The molecule has 0 aromatic carbocycles. The number of hydrogen-bond donors (Lipinski definition) is 3. The van der Waals surface area contributed by atoms with Crippen molar-refractivity contribution in [3.63, 3.8) is 0 Å². The summed E-state index contributed by atoms with van der Waals surface area (Å²) in [6.45, 7) is 2.20. The van der Waals surface area contributed by atoms with Gasteiger partial charge in [0.1, 0.15) is 0 Å². The van der Waals surface area contributed by atoms with Gasteiger partial charge in [0.05, 0.1) is 0 Å². The van der Waals surface area contributed by atoms with Gasteiger partial charge in [0.25, 0.3) is 0 Å². The average molecular weight is 280 g/mol. The van der Waals surface area contributed by atoms with Crippen molar-refractivity contribution in [1.82, 2.24) is 10.6 Å². The lowest BCUT2D eigenvalue weighted by Gasteiger charge is -2.32. The van der Waals surface area contributed by atoms with Gasteiger partial charge >= 0.3 is 6.03 Å². The van der Waals surface area contributed by atoms with Crippen molar-refractivity contribution in [2.24, 2.45) is 23.7 Å². The third-order valence-corrected chi connectivity index (χ3v) is 5.92. The van der Waals surface area contributed by atoms with Crippen molar-refractivity contribution in [2.45, 2.75) is 64.0 Å². The predicted octanol–water partition coefficient (Wildman–Crippen LogP) is 2.27. The van der Waals surface area contributed by atoms with Crippen molar-refractivity contribution >= 4 is 6.03 Å². The molecule has 3 aliphatic carbocycles. The lowest BCUT2D eigenvalue weighted by Crippen LogP contribution is -2.49. The van der Waals surface area contributed by atoms with Gasteiger partial charge in [-0.2, -0.15) is 0 Å². The Hall–Kier alpha value is -0.770. The third-order valence-electron chi connectivity index (χ3n) is 5.92. The Kier molecular flexibility index (Phi) is 4.20. The van der Waals surface area contributed by atoms with Crippen LogP contribution in [-0.4, -0.2) is 29.8 Å². The Morgan fingerprint density at radius 3 is 2.85 bits per heavy atom. The topological polar surface area (TPSA) is 61.4 Å².